The van der Waals surface area contributed by atoms with Crippen molar-refractivity contribution in [1.29, 1.82) is 0 Å². The minimum atomic E-state index is -4.07. The molecule has 0 spiro atoms. The fourth-order valence-corrected chi connectivity index (χ4v) is 5.82. The Morgan fingerprint density at radius 2 is 1.56 bits per heavy atom. The van der Waals surface area contributed by atoms with E-state index in [1.807, 2.05) is 0 Å². The second kappa shape index (κ2) is 9.97. The molecule has 11 heteroatoms. The standard InChI is InChI=1S/C21H28N2O7S2/c1-4-23(5-2)32(26,27)17-9-10-19(28-6-3)18(14-17)22-31(24,25)16-8-11-20-21(15-16)30-13-7-12-29-20/h8-11,14-15,22H,4-7,12-13H2,1-3H3. The van der Waals surface area contributed by atoms with Crippen LogP contribution in [0.4, 0.5) is 5.69 Å². The number of rotatable bonds is 9. The third kappa shape index (κ3) is 5.11. The zero-order chi connectivity index (χ0) is 23.4. The van der Waals surface area contributed by atoms with Gasteiger partial charge in [-0.2, -0.15) is 4.31 Å². The smallest absolute Gasteiger partial charge is 0.262 e. The number of nitrogens with zero attached hydrogens (tertiary/aromatic N) is 1. The number of hydrogen-bond donors (Lipinski definition) is 1. The molecule has 0 aromatic heterocycles. The van der Waals surface area contributed by atoms with Crippen LogP contribution in [0.2, 0.25) is 0 Å². The summed E-state index contributed by atoms with van der Waals surface area (Å²) in [7, 11) is -7.85. The molecule has 1 aliphatic heterocycles. The maximum Gasteiger partial charge on any atom is 0.262 e. The van der Waals surface area contributed by atoms with Crippen LogP contribution in [-0.2, 0) is 20.0 Å². The normalized spacial score (nSPS) is 14.1. The Balaban J connectivity index is 2.00. The van der Waals surface area contributed by atoms with E-state index >= 15 is 0 Å². The number of hydrogen-bond acceptors (Lipinski definition) is 7. The summed E-state index contributed by atoms with van der Waals surface area (Å²) < 4.78 is 72.5. The molecule has 0 saturated heterocycles. The number of sulfonamides is 2. The number of benzene rings is 2. The number of ether oxygens (including phenoxy) is 3. The zero-order valence-corrected chi connectivity index (χ0v) is 20.0. The monoisotopic (exact) mass is 484 g/mol. The molecule has 0 amide bonds. The van der Waals surface area contributed by atoms with Crippen LogP contribution in [0.3, 0.4) is 0 Å². The largest absolute Gasteiger partial charge is 0.492 e. The molecule has 0 saturated carbocycles. The molecule has 0 unspecified atom stereocenters. The summed E-state index contributed by atoms with van der Waals surface area (Å²) in [5.74, 6) is 1.04. The Labute approximate surface area is 189 Å². The minimum Gasteiger partial charge on any atom is -0.492 e. The van der Waals surface area contributed by atoms with E-state index < -0.39 is 20.0 Å². The molecule has 1 aliphatic rings. The fourth-order valence-electron chi connectivity index (χ4n) is 3.26. The highest BCUT2D eigenvalue weighted by atomic mass is 32.2. The lowest BCUT2D eigenvalue weighted by Gasteiger charge is -2.20. The molecule has 0 aliphatic carbocycles. The van der Waals surface area contributed by atoms with E-state index in [-0.39, 0.29) is 27.8 Å². The van der Waals surface area contributed by atoms with Crippen LogP contribution >= 0.6 is 0 Å². The predicted molar refractivity (Wildman–Crippen MR) is 121 cm³/mol. The first-order chi connectivity index (χ1) is 15.2. The van der Waals surface area contributed by atoms with Gasteiger partial charge in [0.25, 0.3) is 10.0 Å². The van der Waals surface area contributed by atoms with Gasteiger partial charge in [0, 0.05) is 25.6 Å². The summed E-state index contributed by atoms with van der Waals surface area (Å²) in [6.45, 7) is 7.01. The molecule has 32 heavy (non-hydrogen) atoms. The average Bonchev–Trinajstić information content (AvgIpc) is 3.00. The van der Waals surface area contributed by atoms with Crippen molar-refractivity contribution in [3.05, 3.63) is 36.4 Å². The Bertz CT molecular complexity index is 1160. The molecule has 0 bridgehead atoms. The summed E-state index contributed by atoms with van der Waals surface area (Å²) in [4.78, 5) is -0.0674. The van der Waals surface area contributed by atoms with Gasteiger partial charge in [-0.25, -0.2) is 16.8 Å². The summed E-state index contributed by atoms with van der Waals surface area (Å²) in [6.07, 6.45) is 0.695. The van der Waals surface area contributed by atoms with Crippen molar-refractivity contribution in [3.8, 4) is 17.2 Å². The van der Waals surface area contributed by atoms with Crippen LogP contribution in [0.1, 0.15) is 27.2 Å². The van der Waals surface area contributed by atoms with Gasteiger partial charge in [-0.05, 0) is 37.3 Å². The predicted octanol–water partition coefficient (Wildman–Crippen LogP) is 3.08. The van der Waals surface area contributed by atoms with Crippen LogP contribution < -0.4 is 18.9 Å². The third-order valence-corrected chi connectivity index (χ3v) is 8.28. The molecule has 1 N–H and O–H groups in total. The average molecular weight is 485 g/mol. The summed E-state index contributed by atoms with van der Waals surface area (Å²) in [5, 5.41) is 0. The van der Waals surface area contributed by atoms with Gasteiger partial charge in [-0.15, -0.1) is 0 Å². The van der Waals surface area contributed by atoms with Crippen molar-refractivity contribution in [2.45, 2.75) is 37.0 Å². The molecular formula is C21H28N2O7S2. The second-order valence-electron chi connectivity index (χ2n) is 6.94. The summed E-state index contributed by atoms with van der Waals surface area (Å²) in [6, 6.07) is 8.47. The van der Waals surface area contributed by atoms with Crippen LogP contribution in [-0.4, -0.2) is 54.1 Å². The highest BCUT2D eigenvalue weighted by Gasteiger charge is 2.25. The van der Waals surface area contributed by atoms with Crippen LogP contribution in [0, 0.1) is 0 Å². The summed E-state index contributed by atoms with van der Waals surface area (Å²) >= 11 is 0. The van der Waals surface area contributed by atoms with Gasteiger partial charge < -0.3 is 14.2 Å². The first-order valence-corrected chi connectivity index (χ1v) is 13.3. The van der Waals surface area contributed by atoms with Gasteiger partial charge >= 0.3 is 0 Å². The molecule has 2 aromatic carbocycles. The molecule has 0 atom stereocenters. The Kier molecular flexibility index (Phi) is 7.52. The lowest BCUT2D eigenvalue weighted by molar-refractivity contribution is 0.297. The highest BCUT2D eigenvalue weighted by Crippen LogP contribution is 2.34. The molecule has 176 valence electrons. The van der Waals surface area contributed by atoms with Crippen molar-refractivity contribution in [2.24, 2.45) is 0 Å². The molecule has 0 radical (unpaired) electrons. The maximum absolute atomic E-state index is 13.1. The second-order valence-corrected chi connectivity index (χ2v) is 10.6. The molecule has 9 nitrogen and oxygen atoms in total. The van der Waals surface area contributed by atoms with E-state index in [0.717, 1.165) is 0 Å². The Morgan fingerprint density at radius 3 is 2.22 bits per heavy atom. The van der Waals surface area contributed by atoms with Crippen molar-refractivity contribution in [2.75, 3.05) is 37.6 Å². The van der Waals surface area contributed by atoms with Crippen molar-refractivity contribution >= 4 is 25.7 Å². The first kappa shape index (κ1) is 24.1. The van der Waals surface area contributed by atoms with E-state index in [9.17, 15) is 16.8 Å². The van der Waals surface area contributed by atoms with Gasteiger partial charge in [-0.3, -0.25) is 4.72 Å². The fraction of sp³-hybridized carbons (Fsp3) is 0.429. The Morgan fingerprint density at radius 1 is 0.906 bits per heavy atom. The van der Waals surface area contributed by atoms with Gasteiger partial charge in [-0.1, -0.05) is 13.8 Å². The molecular weight excluding hydrogens is 456 g/mol. The lowest BCUT2D eigenvalue weighted by atomic mass is 10.3. The van der Waals surface area contributed by atoms with Gasteiger partial charge in [0.05, 0.1) is 35.3 Å². The summed E-state index contributed by atoms with van der Waals surface area (Å²) in [5.41, 5.74) is 0.0344. The topological polar surface area (TPSA) is 111 Å². The maximum atomic E-state index is 13.1. The van der Waals surface area contributed by atoms with Crippen molar-refractivity contribution in [3.63, 3.8) is 0 Å². The van der Waals surface area contributed by atoms with Crippen LogP contribution in [0.25, 0.3) is 0 Å². The van der Waals surface area contributed by atoms with E-state index in [4.69, 9.17) is 14.2 Å². The molecule has 0 fully saturated rings. The minimum absolute atomic E-state index is 0.0268. The van der Waals surface area contributed by atoms with Gasteiger partial charge in [0.15, 0.2) is 11.5 Å². The SMILES string of the molecule is CCOc1ccc(S(=O)(=O)N(CC)CC)cc1NS(=O)(=O)c1ccc2c(c1)OCCCO2. The molecule has 1 heterocycles. The van der Waals surface area contributed by atoms with Crippen LogP contribution in [0.5, 0.6) is 17.2 Å². The first-order valence-electron chi connectivity index (χ1n) is 10.4. The van der Waals surface area contributed by atoms with Crippen LogP contribution in [0.15, 0.2) is 46.2 Å². The quantitative estimate of drug-likeness (QED) is 0.582. The third-order valence-electron chi connectivity index (χ3n) is 4.87. The number of nitrogens with one attached hydrogen (secondary N) is 1. The van der Waals surface area contributed by atoms with Gasteiger partial charge in [0.1, 0.15) is 5.75 Å². The van der Waals surface area contributed by atoms with E-state index in [1.54, 1.807) is 26.8 Å². The number of fused-ring (bicyclic) bond motifs is 1. The lowest BCUT2D eigenvalue weighted by Crippen LogP contribution is -2.30. The number of anilines is 1. The van der Waals surface area contributed by atoms with E-state index in [1.165, 1.54) is 34.6 Å². The van der Waals surface area contributed by atoms with Crippen molar-refractivity contribution < 1.29 is 31.0 Å². The Hall–Kier alpha value is -2.50. The highest BCUT2D eigenvalue weighted by molar-refractivity contribution is 7.92. The van der Waals surface area contributed by atoms with Crippen molar-refractivity contribution in [1.82, 2.24) is 4.31 Å². The van der Waals surface area contributed by atoms with Gasteiger partial charge in [0.2, 0.25) is 10.0 Å². The molecule has 2 aromatic rings. The zero-order valence-electron chi connectivity index (χ0n) is 18.3. The van der Waals surface area contributed by atoms with E-state index in [2.05, 4.69) is 4.72 Å². The molecule has 3 rings (SSSR count). The van der Waals surface area contributed by atoms with E-state index in [0.29, 0.717) is 44.2 Å².